The summed E-state index contributed by atoms with van der Waals surface area (Å²) in [6.07, 6.45) is 0.902. The predicted octanol–water partition coefficient (Wildman–Crippen LogP) is -2.64. The summed E-state index contributed by atoms with van der Waals surface area (Å²) in [5.41, 5.74) is 15.2. The fraction of sp³-hybridized carbons (Fsp3) is 0.625. The molecule has 0 saturated heterocycles. The number of hydrogen-bond acceptors (Lipinski definition) is 4. The summed E-state index contributed by atoms with van der Waals surface area (Å²) in [5, 5.41) is 4.65. The van der Waals surface area contributed by atoms with Gasteiger partial charge in [-0.3, -0.25) is 9.59 Å². The van der Waals surface area contributed by atoms with Crippen molar-refractivity contribution in [2.45, 2.75) is 18.9 Å². The molecule has 92 valence electrons. The van der Waals surface area contributed by atoms with E-state index in [4.69, 9.17) is 17.2 Å². The molecule has 0 radical (unpaired) electrons. The Kier molecular flexibility index (Phi) is 6.61. The van der Waals surface area contributed by atoms with Gasteiger partial charge in [0, 0.05) is 6.54 Å². The van der Waals surface area contributed by atoms with Crippen LogP contribution in [0.1, 0.15) is 12.8 Å². The minimum Gasteiger partial charge on any atom is -0.368 e. The van der Waals surface area contributed by atoms with Crippen LogP contribution in [0.3, 0.4) is 0 Å². The minimum atomic E-state index is -0.728. The van der Waals surface area contributed by atoms with Gasteiger partial charge in [0.05, 0.1) is 12.6 Å². The SMILES string of the molecule is NC(=O)CNC(=O)[C@@H](N)CCCNC(N)=O. The molecule has 0 aliphatic rings. The summed E-state index contributed by atoms with van der Waals surface area (Å²) in [6.45, 7) is 0.123. The molecule has 0 rings (SSSR count). The first-order valence-corrected chi connectivity index (χ1v) is 4.78. The van der Waals surface area contributed by atoms with Crippen LogP contribution in [0.2, 0.25) is 0 Å². The number of rotatable bonds is 7. The molecule has 0 unspecified atom stereocenters. The van der Waals surface area contributed by atoms with Crippen molar-refractivity contribution < 1.29 is 14.4 Å². The van der Waals surface area contributed by atoms with Crippen molar-refractivity contribution in [3.05, 3.63) is 0 Å². The lowest BCUT2D eigenvalue weighted by molar-refractivity contribution is -0.125. The Hall–Kier alpha value is -1.83. The van der Waals surface area contributed by atoms with E-state index in [-0.39, 0.29) is 6.54 Å². The Bertz CT molecular complexity index is 268. The largest absolute Gasteiger partial charge is 0.368 e. The zero-order chi connectivity index (χ0) is 12.6. The highest BCUT2D eigenvalue weighted by atomic mass is 16.2. The summed E-state index contributed by atoms with van der Waals surface area (Å²) in [5.74, 6) is -1.08. The molecule has 0 aliphatic heterocycles. The van der Waals surface area contributed by atoms with Crippen molar-refractivity contribution in [2.24, 2.45) is 17.2 Å². The van der Waals surface area contributed by atoms with E-state index in [2.05, 4.69) is 10.6 Å². The lowest BCUT2D eigenvalue weighted by atomic mass is 10.1. The second-order valence-electron chi connectivity index (χ2n) is 3.22. The van der Waals surface area contributed by atoms with Gasteiger partial charge in [0.2, 0.25) is 11.8 Å². The van der Waals surface area contributed by atoms with E-state index in [1.807, 2.05) is 0 Å². The Morgan fingerprint density at radius 1 is 1.12 bits per heavy atom. The van der Waals surface area contributed by atoms with E-state index in [0.717, 1.165) is 0 Å². The molecule has 0 spiro atoms. The lowest BCUT2D eigenvalue weighted by Crippen LogP contribution is -2.44. The molecular weight excluding hydrogens is 214 g/mol. The minimum absolute atomic E-state index is 0.230. The predicted molar refractivity (Wildman–Crippen MR) is 57.0 cm³/mol. The number of hydrogen-bond donors (Lipinski definition) is 5. The van der Waals surface area contributed by atoms with E-state index in [0.29, 0.717) is 19.4 Å². The Morgan fingerprint density at radius 3 is 2.25 bits per heavy atom. The molecule has 16 heavy (non-hydrogen) atoms. The van der Waals surface area contributed by atoms with Gasteiger partial charge in [-0.1, -0.05) is 0 Å². The van der Waals surface area contributed by atoms with Crippen molar-refractivity contribution >= 4 is 17.8 Å². The summed E-state index contributed by atoms with van der Waals surface area (Å²) in [7, 11) is 0. The van der Waals surface area contributed by atoms with E-state index in [1.54, 1.807) is 0 Å². The zero-order valence-corrected chi connectivity index (χ0v) is 8.86. The van der Waals surface area contributed by atoms with Crippen molar-refractivity contribution in [3.8, 4) is 0 Å². The number of urea groups is 1. The Balaban J connectivity index is 3.62. The maximum absolute atomic E-state index is 11.2. The smallest absolute Gasteiger partial charge is 0.312 e. The van der Waals surface area contributed by atoms with Gasteiger partial charge in [-0.2, -0.15) is 0 Å². The molecule has 0 saturated carbocycles. The van der Waals surface area contributed by atoms with Crippen molar-refractivity contribution in [1.29, 1.82) is 0 Å². The standard InChI is InChI=1S/C8H17N5O3/c9-5(2-1-3-12-8(11)16)7(15)13-4-6(10)14/h5H,1-4,9H2,(H2,10,14)(H,13,15)(H3,11,12,16)/t5-/m0/s1. The molecule has 8 N–H and O–H groups in total. The summed E-state index contributed by atoms with van der Waals surface area (Å²) >= 11 is 0. The first-order chi connectivity index (χ1) is 7.43. The van der Waals surface area contributed by atoms with Gasteiger partial charge in [0.25, 0.3) is 0 Å². The van der Waals surface area contributed by atoms with Crippen molar-refractivity contribution in [3.63, 3.8) is 0 Å². The van der Waals surface area contributed by atoms with Crippen LogP contribution in [0.15, 0.2) is 0 Å². The maximum Gasteiger partial charge on any atom is 0.312 e. The number of nitrogens with one attached hydrogen (secondary N) is 2. The normalized spacial score (nSPS) is 11.6. The maximum atomic E-state index is 11.2. The van der Waals surface area contributed by atoms with Gasteiger partial charge in [-0.25, -0.2) is 4.79 Å². The lowest BCUT2D eigenvalue weighted by Gasteiger charge is -2.11. The Labute approximate surface area is 92.9 Å². The average molecular weight is 231 g/mol. The second kappa shape index (κ2) is 7.46. The van der Waals surface area contributed by atoms with Crippen LogP contribution in [0.25, 0.3) is 0 Å². The first-order valence-electron chi connectivity index (χ1n) is 4.78. The van der Waals surface area contributed by atoms with Crippen LogP contribution in [0, 0.1) is 0 Å². The molecule has 1 atom stereocenters. The van der Waals surface area contributed by atoms with E-state index >= 15 is 0 Å². The van der Waals surface area contributed by atoms with Crippen LogP contribution in [-0.4, -0.2) is 37.0 Å². The quantitative estimate of drug-likeness (QED) is 0.304. The zero-order valence-electron chi connectivity index (χ0n) is 8.86. The molecular formula is C8H17N5O3. The van der Waals surface area contributed by atoms with Crippen LogP contribution in [-0.2, 0) is 9.59 Å². The van der Waals surface area contributed by atoms with Gasteiger partial charge in [0.1, 0.15) is 0 Å². The van der Waals surface area contributed by atoms with Crippen LogP contribution < -0.4 is 27.8 Å². The molecule has 8 nitrogen and oxygen atoms in total. The highest BCUT2D eigenvalue weighted by Crippen LogP contribution is 1.93. The van der Waals surface area contributed by atoms with Crippen molar-refractivity contribution in [1.82, 2.24) is 10.6 Å². The van der Waals surface area contributed by atoms with Crippen molar-refractivity contribution in [2.75, 3.05) is 13.1 Å². The van der Waals surface area contributed by atoms with E-state index in [1.165, 1.54) is 0 Å². The summed E-state index contributed by atoms with van der Waals surface area (Å²) < 4.78 is 0. The molecule has 0 aromatic heterocycles. The highest BCUT2D eigenvalue weighted by Gasteiger charge is 2.12. The highest BCUT2D eigenvalue weighted by molar-refractivity contribution is 5.86. The Morgan fingerprint density at radius 2 is 1.75 bits per heavy atom. The van der Waals surface area contributed by atoms with Gasteiger partial charge >= 0.3 is 6.03 Å². The summed E-state index contributed by atoms with van der Waals surface area (Å²) in [6, 6.07) is -1.35. The van der Waals surface area contributed by atoms with E-state index in [9.17, 15) is 14.4 Å². The monoisotopic (exact) mass is 231 g/mol. The number of carbonyl (C=O) groups excluding carboxylic acids is 3. The fourth-order valence-corrected chi connectivity index (χ4v) is 0.970. The third-order valence-electron chi connectivity index (χ3n) is 1.76. The van der Waals surface area contributed by atoms with Gasteiger partial charge in [-0.05, 0) is 12.8 Å². The number of primary amides is 2. The molecule has 0 aromatic carbocycles. The second-order valence-corrected chi connectivity index (χ2v) is 3.22. The number of nitrogens with two attached hydrogens (primary N) is 3. The first kappa shape index (κ1) is 14.2. The van der Waals surface area contributed by atoms with Gasteiger partial charge in [-0.15, -0.1) is 0 Å². The molecule has 0 aromatic rings. The van der Waals surface area contributed by atoms with Crippen LogP contribution >= 0.6 is 0 Å². The van der Waals surface area contributed by atoms with Gasteiger partial charge < -0.3 is 27.8 Å². The fourth-order valence-electron chi connectivity index (χ4n) is 0.970. The van der Waals surface area contributed by atoms with Crippen LogP contribution in [0.4, 0.5) is 4.79 Å². The molecule has 8 heteroatoms. The number of carbonyl (C=O) groups is 3. The topological polar surface area (TPSA) is 153 Å². The molecule has 0 aliphatic carbocycles. The molecule has 0 bridgehead atoms. The third kappa shape index (κ3) is 7.56. The van der Waals surface area contributed by atoms with Crippen LogP contribution in [0.5, 0.6) is 0 Å². The third-order valence-corrected chi connectivity index (χ3v) is 1.76. The molecule has 0 heterocycles. The molecule has 0 fully saturated rings. The van der Waals surface area contributed by atoms with E-state index < -0.39 is 23.9 Å². The average Bonchev–Trinajstić information content (AvgIpc) is 2.20. The van der Waals surface area contributed by atoms with Gasteiger partial charge in [0.15, 0.2) is 0 Å². The molecule has 4 amide bonds. The number of amides is 4. The summed E-state index contributed by atoms with van der Waals surface area (Å²) in [4.78, 5) is 31.9.